The van der Waals surface area contributed by atoms with Gasteiger partial charge in [-0.1, -0.05) is 25.1 Å². The van der Waals surface area contributed by atoms with E-state index in [0.717, 1.165) is 44.9 Å². The molecule has 0 radical (unpaired) electrons. The van der Waals surface area contributed by atoms with Crippen molar-refractivity contribution in [2.75, 3.05) is 19.8 Å². The van der Waals surface area contributed by atoms with E-state index < -0.39 is 0 Å². The van der Waals surface area contributed by atoms with Crippen LogP contribution in [0.25, 0.3) is 0 Å². The van der Waals surface area contributed by atoms with Gasteiger partial charge in [0.1, 0.15) is 11.9 Å². The summed E-state index contributed by atoms with van der Waals surface area (Å²) in [6.45, 7) is 7.65. The average Bonchev–Trinajstić information content (AvgIpc) is 2.41. The molecule has 0 bridgehead atoms. The predicted octanol–water partition coefficient (Wildman–Crippen LogP) is 2.66. The van der Waals surface area contributed by atoms with Crippen molar-refractivity contribution in [3.63, 3.8) is 0 Å². The first-order valence-corrected chi connectivity index (χ1v) is 6.85. The third-order valence-electron chi connectivity index (χ3n) is 3.26. The Kier molecular flexibility index (Phi) is 5.02. The molecule has 3 nitrogen and oxygen atoms in total. The number of hydrogen-bond donors (Lipinski definition) is 1. The van der Waals surface area contributed by atoms with Gasteiger partial charge >= 0.3 is 0 Å². The Balaban J connectivity index is 2.08. The maximum atomic E-state index is 6.15. The summed E-state index contributed by atoms with van der Waals surface area (Å²) in [6.07, 6.45) is 2.40. The summed E-state index contributed by atoms with van der Waals surface area (Å²) in [5.74, 6) is 1.04. The second-order valence-corrected chi connectivity index (χ2v) is 4.80. The number of hydrogen-bond acceptors (Lipinski definition) is 3. The van der Waals surface area contributed by atoms with Crippen molar-refractivity contribution in [2.45, 2.75) is 39.3 Å². The Hall–Kier alpha value is -1.06. The number of aryl methyl sites for hydroxylation is 1. The highest BCUT2D eigenvalue weighted by Gasteiger charge is 2.17. The van der Waals surface area contributed by atoms with Gasteiger partial charge in [0.15, 0.2) is 0 Å². The first-order chi connectivity index (χ1) is 8.81. The molecular formula is C15H23NO2. The molecule has 0 spiro atoms. The van der Waals surface area contributed by atoms with Crippen molar-refractivity contribution in [3.8, 4) is 5.75 Å². The first-order valence-electron chi connectivity index (χ1n) is 6.85. The molecule has 1 N–H and O–H groups in total. The highest BCUT2D eigenvalue weighted by atomic mass is 16.5. The maximum absolute atomic E-state index is 6.15. The van der Waals surface area contributed by atoms with Crippen LogP contribution in [0.5, 0.6) is 5.75 Å². The average molecular weight is 249 g/mol. The van der Waals surface area contributed by atoms with Crippen molar-refractivity contribution >= 4 is 0 Å². The van der Waals surface area contributed by atoms with Gasteiger partial charge in [-0.15, -0.1) is 0 Å². The fourth-order valence-corrected chi connectivity index (χ4v) is 2.25. The molecule has 2 rings (SSSR count). The molecule has 0 amide bonds. The summed E-state index contributed by atoms with van der Waals surface area (Å²) in [5.41, 5.74) is 2.44. The molecule has 0 saturated carbocycles. The third-order valence-corrected chi connectivity index (χ3v) is 3.26. The molecule has 1 aliphatic heterocycles. The van der Waals surface area contributed by atoms with Gasteiger partial charge < -0.3 is 14.8 Å². The molecule has 1 unspecified atom stereocenters. The van der Waals surface area contributed by atoms with Crippen molar-refractivity contribution in [2.24, 2.45) is 0 Å². The maximum Gasteiger partial charge on any atom is 0.127 e. The molecule has 1 atom stereocenters. The van der Waals surface area contributed by atoms with Gasteiger partial charge in [-0.2, -0.15) is 0 Å². The fraction of sp³-hybridized carbons (Fsp3) is 0.600. The first kappa shape index (κ1) is 13.4. The lowest BCUT2D eigenvalue weighted by atomic mass is 10.1. The summed E-state index contributed by atoms with van der Waals surface area (Å²) in [5, 5.41) is 3.36. The van der Waals surface area contributed by atoms with Crippen molar-refractivity contribution in [1.82, 2.24) is 5.32 Å². The van der Waals surface area contributed by atoms with E-state index in [4.69, 9.17) is 9.47 Å². The Labute approximate surface area is 109 Å². The summed E-state index contributed by atoms with van der Waals surface area (Å²) in [4.78, 5) is 0. The van der Waals surface area contributed by atoms with Gasteiger partial charge in [0.05, 0.1) is 6.61 Å². The molecule has 1 saturated heterocycles. The highest BCUT2D eigenvalue weighted by Crippen LogP contribution is 2.26. The minimum absolute atomic E-state index is 0.209. The molecule has 1 heterocycles. The molecule has 3 heteroatoms. The Morgan fingerprint density at radius 2 is 2.33 bits per heavy atom. The topological polar surface area (TPSA) is 30.5 Å². The minimum atomic E-state index is 0.209. The van der Waals surface area contributed by atoms with Crippen LogP contribution < -0.4 is 10.1 Å². The van der Waals surface area contributed by atoms with E-state index in [1.54, 1.807) is 0 Å². The highest BCUT2D eigenvalue weighted by molar-refractivity contribution is 5.40. The summed E-state index contributed by atoms with van der Waals surface area (Å²) < 4.78 is 11.6. The largest absolute Gasteiger partial charge is 0.487 e. The second-order valence-electron chi connectivity index (χ2n) is 4.80. The molecule has 100 valence electrons. The lowest BCUT2D eigenvalue weighted by molar-refractivity contribution is 0.00673. The van der Waals surface area contributed by atoms with E-state index in [1.807, 2.05) is 0 Å². The fourth-order valence-electron chi connectivity index (χ4n) is 2.25. The standard InChI is InChI=1S/C15H23NO2/c1-3-16-10-13-7-4-6-12(2)15(13)18-14-8-5-9-17-11-14/h4,6-7,14,16H,3,5,8-11H2,1-2H3. The second kappa shape index (κ2) is 6.76. The lowest BCUT2D eigenvalue weighted by Crippen LogP contribution is -2.29. The van der Waals surface area contributed by atoms with Crippen LogP contribution in [0.2, 0.25) is 0 Å². The van der Waals surface area contributed by atoms with E-state index in [1.165, 1.54) is 11.1 Å². The van der Waals surface area contributed by atoms with Crippen molar-refractivity contribution < 1.29 is 9.47 Å². The number of benzene rings is 1. The number of rotatable bonds is 5. The van der Waals surface area contributed by atoms with E-state index in [-0.39, 0.29) is 6.10 Å². The van der Waals surface area contributed by atoms with Gasteiger partial charge in [0.25, 0.3) is 0 Å². The van der Waals surface area contributed by atoms with Crippen LogP contribution >= 0.6 is 0 Å². The molecule has 1 aliphatic rings. The summed E-state index contributed by atoms with van der Waals surface area (Å²) in [6, 6.07) is 6.33. The lowest BCUT2D eigenvalue weighted by Gasteiger charge is -2.25. The molecular weight excluding hydrogens is 226 g/mol. The normalized spacial score (nSPS) is 19.8. The summed E-state index contributed by atoms with van der Waals surface area (Å²) in [7, 11) is 0. The zero-order valence-corrected chi connectivity index (χ0v) is 11.4. The Morgan fingerprint density at radius 3 is 3.06 bits per heavy atom. The quantitative estimate of drug-likeness (QED) is 0.870. The molecule has 0 aromatic heterocycles. The van der Waals surface area contributed by atoms with Crippen LogP contribution in [-0.4, -0.2) is 25.9 Å². The van der Waals surface area contributed by atoms with Gasteiger partial charge in [0.2, 0.25) is 0 Å². The van der Waals surface area contributed by atoms with Crippen LogP contribution in [0, 0.1) is 6.92 Å². The summed E-state index contributed by atoms with van der Waals surface area (Å²) >= 11 is 0. The molecule has 1 aromatic carbocycles. The van der Waals surface area contributed by atoms with Crippen LogP contribution in [0.15, 0.2) is 18.2 Å². The van der Waals surface area contributed by atoms with Gasteiger partial charge in [0, 0.05) is 18.7 Å². The Morgan fingerprint density at radius 1 is 1.44 bits per heavy atom. The van der Waals surface area contributed by atoms with E-state index in [0.29, 0.717) is 0 Å². The minimum Gasteiger partial charge on any atom is -0.487 e. The third kappa shape index (κ3) is 3.47. The van der Waals surface area contributed by atoms with E-state index in [2.05, 4.69) is 37.4 Å². The van der Waals surface area contributed by atoms with Gasteiger partial charge in [-0.3, -0.25) is 0 Å². The van der Waals surface area contributed by atoms with Crippen molar-refractivity contribution in [3.05, 3.63) is 29.3 Å². The molecule has 1 fully saturated rings. The van der Waals surface area contributed by atoms with Gasteiger partial charge in [-0.25, -0.2) is 0 Å². The SMILES string of the molecule is CCNCc1cccc(C)c1OC1CCCOC1. The van der Waals surface area contributed by atoms with E-state index in [9.17, 15) is 0 Å². The van der Waals surface area contributed by atoms with Crippen LogP contribution in [0.4, 0.5) is 0 Å². The number of para-hydroxylation sites is 1. The smallest absolute Gasteiger partial charge is 0.127 e. The molecule has 0 aliphatic carbocycles. The van der Waals surface area contributed by atoms with Crippen LogP contribution in [-0.2, 0) is 11.3 Å². The van der Waals surface area contributed by atoms with Gasteiger partial charge in [-0.05, 0) is 31.9 Å². The predicted molar refractivity (Wildman–Crippen MR) is 73.0 cm³/mol. The van der Waals surface area contributed by atoms with E-state index >= 15 is 0 Å². The monoisotopic (exact) mass is 249 g/mol. The zero-order valence-electron chi connectivity index (χ0n) is 11.4. The van der Waals surface area contributed by atoms with Crippen molar-refractivity contribution in [1.29, 1.82) is 0 Å². The number of nitrogens with one attached hydrogen (secondary N) is 1. The molecule has 1 aromatic rings. The number of ether oxygens (including phenoxy) is 2. The Bertz CT molecular complexity index is 373. The van der Waals surface area contributed by atoms with Crippen LogP contribution in [0.3, 0.4) is 0 Å². The molecule has 18 heavy (non-hydrogen) atoms. The zero-order chi connectivity index (χ0) is 12.8. The van der Waals surface area contributed by atoms with Crippen LogP contribution in [0.1, 0.15) is 30.9 Å².